The van der Waals surface area contributed by atoms with Crippen LogP contribution in [-0.2, 0) is 4.74 Å². The van der Waals surface area contributed by atoms with Crippen LogP contribution in [0.3, 0.4) is 0 Å². The van der Waals surface area contributed by atoms with Crippen LogP contribution < -0.4 is 20.5 Å². The first kappa shape index (κ1) is 16.1. The maximum absolute atomic E-state index is 11.8. The molecular weight excluding hydrogens is 260 g/mol. The van der Waals surface area contributed by atoms with Crippen molar-refractivity contribution in [1.29, 1.82) is 0 Å². The van der Waals surface area contributed by atoms with E-state index in [4.69, 9.17) is 19.9 Å². The van der Waals surface area contributed by atoms with Crippen molar-refractivity contribution >= 4 is 11.8 Å². The van der Waals surface area contributed by atoms with E-state index in [0.717, 1.165) is 0 Å². The van der Waals surface area contributed by atoms with E-state index in [9.17, 15) is 4.79 Å². The molecule has 0 spiro atoms. The third-order valence-electron chi connectivity index (χ3n) is 2.20. The lowest BCUT2D eigenvalue weighted by Gasteiger charge is -2.20. The highest BCUT2D eigenvalue weighted by atomic mass is 16.6. The Morgan fingerprint density at radius 2 is 2.05 bits per heavy atom. The molecule has 0 heterocycles. The van der Waals surface area contributed by atoms with E-state index in [1.807, 2.05) is 0 Å². The van der Waals surface area contributed by atoms with Crippen molar-refractivity contribution in [3.63, 3.8) is 0 Å². The minimum Gasteiger partial charge on any atom is -0.497 e. The Balaban J connectivity index is 2.86. The largest absolute Gasteiger partial charge is 0.497 e. The Kier molecular flexibility index (Phi) is 5.64. The van der Waals surface area contributed by atoms with Gasteiger partial charge in [0.05, 0.1) is 12.8 Å². The zero-order valence-corrected chi connectivity index (χ0v) is 12.4. The normalized spacial score (nSPS) is 10.8. The molecule has 1 aromatic carbocycles. The highest BCUT2D eigenvalue weighted by Crippen LogP contribution is 2.29. The van der Waals surface area contributed by atoms with Gasteiger partial charge in [0, 0.05) is 12.6 Å². The molecule has 0 bridgehead atoms. The highest BCUT2D eigenvalue weighted by Gasteiger charge is 2.18. The lowest BCUT2D eigenvalue weighted by Crippen LogP contribution is -2.27. The summed E-state index contributed by atoms with van der Waals surface area (Å²) in [5.41, 5.74) is 5.32. The van der Waals surface area contributed by atoms with Crippen LogP contribution in [0.5, 0.6) is 11.5 Å². The van der Waals surface area contributed by atoms with Crippen LogP contribution in [-0.4, -0.2) is 32.0 Å². The average Bonchev–Trinajstić information content (AvgIpc) is 2.34. The second-order valence-corrected chi connectivity index (χ2v) is 5.13. The molecule has 0 atom stereocenters. The highest BCUT2D eigenvalue weighted by molar-refractivity contribution is 5.87. The molecule has 1 aromatic rings. The van der Waals surface area contributed by atoms with E-state index in [1.54, 1.807) is 46.1 Å². The fourth-order valence-corrected chi connectivity index (χ4v) is 1.44. The molecule has 0 aliphatic rings. The van der Waals surface area contributed by atoms with Crippen molar-refractivity contribution in [3.8, 4) is 11.5 Å². The first-order valence-electron chi connectivity index (χ1n) is 6.36. The summed E-state index contributed by atoms with van der Waals surface area (Å²) < 4.78 is 15.8. The molecule has 6 nitrogen and oxygen atoms in total. The van der Waals surface area contributed by atoms with Crippen LogP contribution in [0.4, 0.5) is 10.5 Å². The van der Waals surface area contributed by atoms with Crippen LogP contribution in [0.1, 0.15) is 20.8 Å². The smallest absolute Gasteiger partial charge is 0.412 e. The van der Waals surface area contributed by atoms with Gasteiger partial charge in [0.1, 0.15) is 23.7 Å². The number of hydrogen-bond donors (Lipinski definition) is 2. The minimum atomic E-state index is -0.568. The summed E-state index contributed by atoms with van der Waals surface area (Å²) in [6.07, 6.45) is -0.552. The number of methoxy groups -OCH3 is 1. The molecule has 0 saturated carbocycles. The monoisotopic (exact) mass is 282 g/mol. The summed E-state index contributed by atoms with van der Waals surface area (Å²) in [4.78, 5) is 11.8. The maximum atomic E-state index is 11.8. The third-order valence-corrected chi connectivity index (χ3v) is 2.20. The quantitative estimate of drug-likeness (QED) is 0.866. The number of hydrogen-bond acceptors (Lipinski definition) is 5. The van der Waals surface area contributed by atoms with Crippen LogP contribution in [0, 0.1) is 0 Å². The van der Waals surface area contributed by atoms with Gasteiger partial charge in [-0.15, -0.1) is 0 Å². The SMILES string of the molecule is COc1ccc(OCCN)c(NC(=O)OC(C)(C)C)c1. The lowest BCUT2D eigenvalue weighted by atomic mass is 10.2. The number of nitrogens with one attached hydrogen (secondary N) is 1. The first-order valence-corrected chi connectivity index (χ1v) is 6.36. The molecular formula is C14H22N2O4. The molecule has 0 radical (unpaired) electrons. The molecule has 0 saturated heterocycles. The standard InChI is InChI=1S/C14H22N2O4/c1-14(2,3)20-13(17)16-11-9-10(18-4)5-6-12(11)19-8-7-15/h5-6,9H,7-8,15H2,1-4H3,(H,16,17). The Morgan fingerprint density at radius 1 is 1.35 bits per heavy atom. The van der Waals surface area contributed by atoms with Gasteiger partial charge in [-0.2, -0.15) is 0 Å². The van der Waals surface area contributed by atoms with Gasteiger partial charge >= 0.3 is 6.09 Å². The minimum absolute atomic E-state index is 0.356. The maximum Gasteiger partial charge on any atom is 0.412 e. The molecule has 20 heavy (non-hydrogen) atoms. The Morgan fingerprint density at radius 3 is 2.60 bits per heavy atom. The van der Waals surface area contributed by atoms with Gasteiger partial charge < -0.3 is 19.9 Å². The molecule has 6 heteroatoms. The molecule has 3 N–H and O–H groups in total. The summed E-state index contributed by atoms with van der Waals surface area (Å²) >= 11 is 0. The topological polar surface area (TPSA) is 82.8 Å². The van der Waals surface area contributed by atoms with Gasteiger partial charge in [-0.05, 0) is 32.9 Å². The Hall–Kier alpha value is -1.95. The zero-order chi connectivity index (χ0) is 15.2. The van der Waals surface area contributed by atoms with Crippen molar-refractivity contribution in [3.05, 3.63) is 18.2 Å². The average molecular weight is 282 g/mol. The fourth-order valence-electron chi connectivity index (χ4n) is 1.44. The second kappa shape index (κ2) is 7.00. The number of carbonyl (C=O) groups is 1. The molecule has 0 aromatic heterocycles. The molecule has 0 aliphatic carbocycles. The Bertz CT molecular complexity index is 455. The lowest BCUT2D eigenvalue weighted by molar-refractivity contribution is 0.0635. The first-order chi connectivity index (χ1) is 9.35. The van der Waals surface area contributed by atoms with E-state index < -0.39 is 11.7 Å². The number of benzene rings is 1. The van der Waals surface area contributed by atoms with Crippen molar-refractivity contribution in [1.82, 2.24) is 0 Å². The van der Waals surface area contributed by atoms with E-state index in [2.05, 4.69) is 5.32 Å². The summed E-state index contributed by atoms with van der Waals surface area (Å²) in [6, 6.07) is 5.11. The molecule has 1 amide bonds. The summed E-state index contributed by atoms with van der Waals surface area (Å²) in [6.45, 7) is 6.13. The Labute approximate surface area is 119 Å². The van der Waals surface area contributed by atoms with E-state index in [0.29, 0.717) is 30.3 Å². The van der Waals surface area contributed by atoms with Crippen LogP contribution >= 0.6 is 0 Å². The van der Waals surface area contributed by atoms with Crippen molar-refractivity contribution in [2.45, 2.75) is 26.4 Å². The van der Waals surface area contributed by atoms with Gasteiger partial charge in [-0.25, -0.2) is 4.79 Å². The summed E-state index contributed by atoms with van der Waals surface area (Å²) in [5.74, 6) is 1.12. The number of amides is 1. The number of nitrogens with two attached hydrogens (primary N) is 1. The van der Waals surface area contributed by atoms with E-state index in [1.165, 1.54) is 0 Å². The van der Waals surface area contributed by atoms with Gasteiger partial charge in [-0.1, -0.05) is 0 Å². The second-order valence-electron chi connectivity index (χ2n) is 5.13. The van der Waals surface area contributed by atoms with E-state index in [-0.39, 0.29) is 0 Å². The number of ether oxygens (including phenoxy) is 3. The number of carbonyl (C=O) groups excluding carboxylic acids is 1. The van der Waals surface area contributed by atoms with Gasteiger partial charge in [0.15, 0.2) is 0 Å². The zero-order valence-electron chi connectivity index (χ0n) is 12.4. The van der Waals surface area contributed by atoms with Crippen molar-refractivity contribution < 1.29 is 19.0 Å². The predicted octanol–water partition coefficient (Wildman–Crippen LogP) is 2.38. The van der Waals surface area contributed by atoms with Gasteiger partial charge in [0.2, 0.25) is 0 Å². The van der Waals surface area contributed by atoms with Crippen LogP contribution in [0.25, 0.3) is 0 Å². The summed E-state index contributed by atoms with van der Waals surface area (Å²) in [5, 5.41) is 2.64. The fraction of sp³-hybridized carbons (Fsp3) is 0.500. The van der Waals surface area contributed by atoms with Crippen LogP contribution in [0.15, 0.2) is 18.2 Å². The number of anilines is 1. The van der Waals surface area contributed by atoms with Gasteiger partial charge in [-0.3, -0.25) is 5.32 Å². The molecule has 112 valence electrons. The van der Waals surface area contributed by atoms with E-state index >= 15 is 0 Å². The molecule has 1 rings (SSSR count). The molecule has 0 fully saturated rings. The summed E-state index contributed by atoms with van der Waals surface area (Å²) in [7, 11) is 1.55. The molecule has 0 unspecified atom stereocenters. The van der Waals surface area contributed by atoms with Crippen molar-refractivity contribution in [2.24, 2.45) is 5.73 Å². The third kappa shape index (κ3) is 5.36. The molecule has 0 aliphatic heterocycles. The number of rotatable bonds is 5. The van der Waals surface area contributed by atoms with Crippen LogP contribution in [0.2, 0.25) is 0 Å². The van der Waals surface area contributed by atoms with Gasteiger partial charge in [0.25, 0.3) is 0 Å². The van der Waals surface area contributed by atoms with Crippen molar-refractivity contribution in [2.75, 3.05) is 25.6 Å². The predicted molar refractivity (Wildman–Crippen MR) is 77.4 cm³/mol.